The van der Waals surface area contributed by atoms with Crippen molar-refractivity contribution in [1.29, 1.82) is 0 Å². The molecule has 0 saturated heterocycles. The molecule has 0 unspecified atom stereocenters. The summed E-state index contributed by atoms with van der Waals surface area (Å²) in [6.07, 6.45) is 0. The number of rotatable bonds is 5. The Balaban J connectivity index is 2.36. The standard InChI is InChI=1S/C16H17NO3/c1-11-12(10-20-2)6-5-9-14(11)17-15-8-4-3-7-13(15)16(18)19/h3-9,17H,10H2,1-2H3,(H,18,19). The Morgan fingerprint density at radius 1 is 1.15 bits per heavy atom. The van der Waals surface area contributed by atoms with Gasteiger partial charge in [-0.1, -0.05) is 24.3 Å². The first-order chi connectivity index (χ1) is 9.63. The van der Waals surface area contributed by atoms with E-state index in [0.717, 1.165) is 16.8 Å². The third-order valence-corrected chi connectivity index (χ3v) is 3.17. The van der Waals surface area contributed by atoms with Crippen LogP contribution in [0.15, 0.2) is 42.5 Å². The zero-order valence-corrected chi connectivity index (χ0v) is 11.5. The predicted octanol–water partition coefficient (Wildman–Crippen LogP) is 3.58. The van der Waals surface area contributed by atoms with Crippen LogP contribution in [0.1, 0.15) is 21.5 Å². The molecule has 4 nitrogen and oxygen atoms in total. The van der Waals surface area contributed by atoms with E-state index in [2.05, 4.69) is 5.32 Å². The van der Waals surface area contributed by atoms with E-state index in [0.29, 0.717) is 12.3 Å². The van der Waals surface area contributed by atoms with Gasteiger partial charge in [-0.25, -0.2) is 4.79 Å². The van der Waals surface area contributed by atoms with Gasteiger partial charge in [0.25, 0.3) is 0 Å². The normalized spacial score (nSPS) is 10.3. The van der Waals surface area contributed by atoms with E-state index in [-0.39, 0.29) is 5.56 Å². The molecule has 20 heavy (non-hydrogen) atoms. The molecule has 2 rings (SSSR count). The lowest BCUT2D eigenvalue weighted by molar-refractivity contribution is 0.0698. The first-order valence-corrected chi connectivity index (χ1v) is 6.30. The monoisotopic (exact) mass is 271 g/mol. The number of methoxy groups -OCH3 is 1. The van der Waals surface area contributed by atoms with E-state index in [1.807, 2.05) is 31.2 Å². The summed E-state index contributed by atoms with van der Waals surface area (Å²) < 4.78 is 5.15. The van der Waals surface area contributed by atoms with Crippen molar-refractivity contribution in [2.75, 3.05) is 12.4 Å². The molecule has 0 spiro atoms. The highest BCUT2D eigenvalue weighted by Gasteiger charge is 2.10. The SMILES string of the molecule is COCc1cccc(Nc2ccccc2C(=O)O)c1C. The molecule has 0 amide bonds. The molecule has 0 saturated carbocycles. The van der Waals surface area contributed by atoms with Crippen LogP contribution in [0, 0.1) is 6.92 Å². The zero-order chi connectivity index (χ0) is 14.5. The van der Waals surface area contributed by atoms with E-state index >= 15 is 0 Å². The number of carboxylic acids is 1. The van der Waals surface area contributed by atoms with Crippen molar-refractivity contribution in [2.24, 2.45) is 0 Å². The lowest BCUT2D eigenvalue weighted by Gasteiger charge is -2.14. The van der Waals surface area contributed by atoms with Crippen molar-refractivity contribution in [3.63, 3.8) is 0 Å². The molecule has 0 radical (unpaired) electrons. The van der Waals surface area contributed by atoms with Crippen molar-refractivity contribution in [3.8, 4) is 0 Å². The largest absolute Gasteiger partial charge is 0.478 e. The van der Waals surface area contributed by atoms with Gasteiger partial charge in [-0.15, -0.1) is 0 Å². The van der Waals surface area contributed by atoms with E-state index < -0.39 is 5.97 Å². The average molecular weight is 271 g/mol. The number of nitrogens with one attached hydrogen (secondary N) is 1. The molecule has 0 aliphatic heterocycles. The van der Waals surface area contributed by atoms with Crippen LogP contribution in [0.2, 0.25) is 0 Å². The number of benzene rings is 2. The van der Waals surface area contributed by atoms with Gasteiger partial charge in [-0.2, -0.15) is 0 Å². The summed E-state index contributed by atoms with van der Waals surface area (Å²) in [5.74, 6) is -0.946. The zero-order valence-electron chi connectivity index (χ0n) is 11.5. The lowest BCUT2D eigenvalue weighted by atomic mass is 10.1. The first kappa shape index (κ1) is 14.1. The number of carbonyl (C=O) groups is 1. The fourth-order valence-corrected chi connectivity index (χ4v) is 2.05. The second-order valence-corrected chi connectivity index (χ2v) is 4.50. The molecular weight excluding hydrogens is 254 g/mol. The van der Waals surface area contributed by atoms with Gasteiger partial charge < -0.3 is 15.2 Å². The number of carboxylic acid groups (broad SMARTS) is 1. The van der Waals surface area contributed by atoms with Gasteiger partial charge in [-0.3, -0.25) is 0 Å². The van der Waals surface area contributed by atoms with E-state index in [1.165, 1.54) is 0 Å². The van der Waals surface area contributed by atoms with Gasteiger partial charge in [0, 0.05) is 12.8 Å². The summed E-state index contributed by atoms with van der Waals surface area (Å²) in [7, 11) is 1.65. The van der Waals surface area contributed by atoms with Crippen LogP contribution in [0.4, 0.5) is 11.4 Å². The van der Waals surface area contributed by atoms with E-state index in [4.69, 9.17) is 4.74 Å². The summed E-state index contributed by atoms with van der Waals surface area (Å²) in [5, 5.41) is 12.4. The number of hydrogen-bond acceptors (Lipinski definition) is 3. The third-order valence-electron chi connectivity index (χ3n) is 3.17. The summed E-state index contributed by atoms with van der Waals surface area (Å²) in [5.41, 5.74) is 3.84. The highest BCUT2D eigenvalue weighted by Crippen LogP contribution is 2.25. The Bertz CT molecular complexity index is 623. The average Bonchev–Trinajstić information content (AvgIpc) is 2.44. The first-order valence-electron chi connectivity index (χ1n) is 6.30. The van der Waals surface area contributed by atoms with Gasteiger partial charge in [0.05, 0.1) is 17.9 Å². The second-order valence-electron chi connectivity index (χ2n) is 4.50. The van der Waals surface area contributed by atoms with Gasteiger partial charge in [-0.05, 0) is 36.2 Å². The van der Waals surface area contributed by atoms with Crippen molar-refractivity contribution in [3.05, 3.63) is 59.2 Å². The van der Waals surface area contributed by atoms with Crippen molar-refractivity contribution in [1.82, 2.24) is 0 Å². The predicted molar refractivity (Wildman–Crippen MR) is 78.6 cm³/mol. The number of anilines is 2. The van der Waals surface area contributed by atoms with Crippen LogP contribution in [-0.2, 0) is 11.3 Å². The topological polar surface area (TPSA) is 58.6 Å². The van der Waals surface area contributed by atoms with Crippen LogP contribution in [-0.4, -0.2) is 18.2 Å². The molecule has 2 aromatic carbocycles. The molecule has 0 bridgehead atoms. The fraction of sp³-hybridized carbons (Fsp3) is 0.188. The molecule has 0 aliphatic rings. The summed E-state index contributed by atoms with van der Waals surface area (Å²) in [4.78, 5) is 11.2. The molecule has 2 aromatic rings. The van der Waals surface area contributed by atoms with Crippen molar-refractivity contribution in [2.45, 2.75) is 13.5 Å². The molecule has 0 aromatic heterocycles. The Morgan fingerprint density at radius 3 is 2.55 bits per heavy atom. The molecule has 2 N–H and O–H groups in total. The minimum Gasteiger partial charge on any atom is -0.478 e. The Labute approximate surface area is 118 Å². The molecule has 0 heterocycles. The van der Waals surface area contributed by atoms with E-state index in [9.17, 15) is 9.90 Å². The summed E-state index contributed by atoms with van der Waals surface area (Å²) in [6.45, 7) is 2.52. The van der Waals surface area contributed by atoms with Crippen LogP contribution < -0.4 is 5.32 Å². The molecule has 0 fully saturated rings. The quantitative estimate of drug-likeness (QED) is 0.872. The van der Waals surface area contributed by atoms with Crippen molar-refractivity contribution < 1.29 is 14.6 Å². The summed E-state index contributed by atoms with van der Waals surface area (Å²) in [6, 6.07) is 12.7. The maximum atomic E-state index is 11.2. The Kier molecular flexibility index (Phi) is 4.38. The fourth-order valence-electron chi connectivity index (χ4n) is 2.05. The Morgan fingerprint density at radius 2 is 1.85 bits per heavy atom. The maximum absolute atomic E-state index is 11.2. The smallest absolute Gasteiger partial charge is 0.337 e. The van der Waals surface area contributed by atoms with Crippen LogP contribution in [0.25, 0.3) is 0 Å². The number of aromatic carboxylic acids is 1. The minimum absolute atomic E-state index is 0.254. The van der Waals surface area contributed by atoms with Crippen molar-refractivity contribution >= 4 is 17.3 Å². The number of hydrogen-bond donors (Lipinski definition) is 2. The van der Waals surface area contributed by atoms with Gasteiger partial charge in [0.15, 0.2) is 0 Å². The molecule has 4 heteroatoms. The Hall–Kier alpha value is -2.33. The third kappa shape index (κ3) is 2.97. The molecule has 104 valence electrons. The van der Waals surface area contributed by atoms with E-state index in [1.54, 1.807) is 25.3 Å². The van der Waals surface area contributed by atoms with Crippen LogP contribution in [0.5, 0.6) is 0 Å². The number of ether oxygens (including phenoxy) is 1. The highest BCUT2D eigenvalue weighted by atomic mass is 16.5. The number of para-hydroxylation sites is 1. The van der Waals surface area contributed by atoms with Gasteiger partial charge in [0.2, 0.25) is 0 Å². The van der Waals surface area contributed by atoms with Gasteiger partial charge >= 0.3 is 5.97 Å². The maximum Gasteiger partial charge on any atom is 0.337 e. The molecule has 0 aliphatic carbocycles. The van der Waals surface area contributed by atoms with Gasteiger partial charge in [0.1, 0.15) is 0 Å². The molecular formula is C16H17NO3. The lowest BCUT2D eigenvalue weighted by Crippen LogP contribution is -2.04. The highest BCUT2D eigenvalue weighted by molar-refractivity contribution is 5.95. The summed E-state index contributed by atoms with van der Waals surface area (Å²) >= 11 is 0. The minimum atomic E-state index is -0.946. The molecule has 0 atom stereocenters. The van der Waals surface area contributed by atoms with Crippen LogP contribution >= 0.6 is 0 Å². The van der Waals surface area contributed by atoms with Crippen LogP contribution in [0.3, 0.4) is 0 Å². The second kappa shape index (κ2) is 6.21.